The number of fused-ring (bicyclic) bond motifs is 1. The molecule has 0 saturated heterocycles. The van der Waals surface area contributed by atoms with Crippen LogP contribution in [-0.4, -0.2) is 0 Å². The van der Waals surface area contributed by atoms with Crippen LogP contribution in [0.5, 0.6) is 0 Å². The Kier molecular flexibility index (Phi) is 1.51. The molecule has 0 atom stereocenters. The second-order valence-electron chi connectivity index (χ2n) is 2.29. The maximum atomic E-state index is 11.0. The van der Waals surface area contributed by atoms with E-state index in [4.69, 9.17) is 0 Å². The van der Waals surface area contributed by atoms with E-state index in [1.165, 1.54) is 22.9 Å². The van der Waals surface area contributed by atoms with Gasteiger partial charge >= 0.3 is 0 Å². The molecule has 0 bridgehead atoms. The third-order valence-electron chi connectivity index (χ3n) is 1.56. The maximum Gasteiger partial charge on any atom is 0.237 e. The molecule has 0 radical (unpaired) electrons. The molecule has 5 heteroatoms. The van der Waals surface area contributed by atoms with Gasteiger partial charge in [0.05, 0.1) is 0 Å². The fourth-order valence-corrected chi connectivity index (χ4v) is 1.73. The Morgan fingerprint density at radius 2 is 2.33 bits per heavy atom. The van der Waals surface area contributed by atoms with Gasteiger partial charge in [-0.05, 0) is 17.3 Å². The Morgan fingerprint density at radius 1 is 1.50 bits per heavy atom. The predicted octanol–water partition coefficient (Wildman–Crippen LogP) is 1.93. The number of nitroso groups, excluding NO2 is 1. The average Bonchev–Trinajstić information content (AvgIpc) is 2.47. The topological polar surface area (TPSA) is 56.4 Å². The molecular formula is C7H4N2O2S. The fraction of sp³-hybridized carbons (Fsp3) is 0. The fourth-order valence-electron chi connectivity index (χ4n) is 0.996. The minimum absolute atomic E-state index is 0.283. The first kappa shape index (κ1) is 7.17. The third-order valence-corrected chi connectivity index (χ3v) is 2.46. The highest BCUT2D eigenvalue weighted by molar-refractivity contribution is 7.16. The highest BCUT2D eigenvalue weighted by Gasteiger charge is 2.06. The van der Waals surface area contributed by atoms with Gasteiger partial charge in [-0.2, -0.15) is 4.73 Å². The molecule has 0 amide bonds. The molecule has 1 aromatic heterocycles. The van der Waals surface area contributed by atoms with E-state index in [0.717, 1.165) is 9.43 Å². The van der Waals surface area contributed by atoms with Gasteiger partial charge in [0.2, 0.25) is 11.0 Å². The van der Waals surface area contributed by atoms with E-state index in [1.807, 2.05) is 0 Å². The third kappa shape index (κ3) is 0.947. The number of nitrogens with zero attached hydrogens (tertiary/aromatic N) is 2. The zero-order valence-electron chi connectivity index (χ0n) is 5.93. The normalized spacial score (nSPS) is 10.3. The number of aromatic nitrogens is 1. The average molecular weight is 180 g/mol. The van der Waals surface area contributed by atoms with E-state index in [9.17, 15) is 10.1 Å². The minimum Gasteiger partial charge on any atom is -0.618 e. The van der Waals surface area contributed by atoms with Crippen molar-refractivity contribution in [2.45, 2.75) is 0 Å². The van der Waals surface area contributed by atoms with E-state index >= 15 is 0 Å². The zero-order valence-corrected chi connectivity index (χ0v) is 6.75. The molecule has 0 aliphatic heterocycles. The van der Waals surface area contributed by atoms with Crippen molar-refractivity contribution in [2.75, 3.05) is 0 Å². The van der Waals surface area contributed by atoms with E-state index in [-0.39, 0.29) is 5.69 Å². The van der Waals surface area contributed by atoms with Crippen molar-refractivity contribution in [1.29, 1.82) is 0 Å². The summed E-state index contributed by atoms with van der Waals surface area (Å²) in [6.45, 7) is 0. The Labute approximate surface area is 71.6 Å². The molecule has 0 saturated carbocycles. The largest absolute Gasteiger partial charge is 0.618 e. The van der Waals surface area contributed by atoms with Crippen LogP contribution < -0.4 is 4.73 Å². The summed E-state index contributed by atoms with van der Waals surface area (Å²) in [6, 6.07) is 4.78. The summed E-state index contributed by atoms with van der Waals surface area (Å²) in [5.74, 6) is 0. The van der Waals surface area contributed by atoms with Crippen molar-refractivity contribution in [3.05, 3.63) is 33.8 Å². The highest BCUT2D eigenvalue weighted by atomic mass is 32.1. The molecule has 0 spiro atoms. The number of benzene rings is 1. The van der Waals surface area contributed by atoms with Crippen molar-refractivity contribution < 1.29 is 4.73 Å². The van der Waals surface area contributed by atoms with Gasteiger partial charge in [0.25, 0.3) is 0 Å². The van der Waals surface area contributed by atoms with E-state index in [2.05, 4.69) is 5.18 Å². The van der Waals surface area contributed by atoms with E-state index < -0.39 is 0 Å². The van der Waals surface area contributed by atoms with Gasteiger partial charge in [-0.3, -0.25) is 0 Å². The molecule has 0 aliphatic carbocycles. The van der Waals surface area contributed by atoms with Crippen LogP contribution in [0.25, 0.3) is 10.2 Å². The van der Waals surface area contributed by atoms with Crippen molar-refractivity contribution in [2.24, 2.45) is 5.18 Å². The number of hydrogen-bond acceptors (Lipinski definition) is 4. The summed E-state index contributed by atoms with van der Waals surface area (Å²) >= 11 is 1.34. The van der Waals surface area contributed by atoms with Gasteiger partial charge in [0.15, 0.2) is 0 Å². The number of rotatable bonds is 1. The summed E-state index contributed by atoms with van der Waals surface area (Å²) < 4.78 is 1.59. The summed E-state index contributed by atoms with van der Waals surface area (Å²) in [5.41, 5.74) is 2.22. The number of thiazole rings is 1. The van der Waals surface area contributed by atoms with E-state index in [1.54, 1.807) is 12.1 Å². The Morgan fingerprint density at radius 3 is 3.08 bits per heavy atom. The van der Waals surface area contributed by atoms with Gasteiger partial charge in [-0.15, -0.1) is 4.91 Å². The van der Waals surface area contributed by atoms with Gasteiger partial charge in [0, 0.05) is 6.07 Å². The van der Waals surface area contributed by atoms with Crippen molar-refractivity contribution in [3.63, 3.8) is 0 Å². The first-order valence-electron chi connectivity index (χ1n) is 3.25. The van der Waals surface area contributed by atoms with Gasteiger partial charge in [-0.1, -0.05) is 11.3 Å². The standard InChI is InChI=1S/C7H4N2O2S/c10-8-5-1-2-7-6(3-5)9(11)4-12-7/h1-4H. The summed E-state index contributed by atoms with van der Waals surface area (Å²) in [7, 11) is 0. The molecule has 1 aromatic carbocycles. The van der Waals surface area contributed by atoms with Crippen LogP contribution in [0.15, 0.2) is 28.9 Å². The Bertz CT molecular complexity index is 438. The van der Waals surface area contributed by atoms with Gasteiger partial charge in [0.1, 0.15) is 10.4 Å². The highest BCUT2D eigenvalue weighted by Crippen LogP contribution is 2.21. The van der Waals surface area contributed by atoms with Crippen molar-refractivity contribution in [1.82, 2.24) is 0 Å². The maximum absolute atomic E-state index is 11.0. The quantitative estimate of drug-likeness (QED) is 0.382. The van der Waals surface area contributed by atoms with Crippen molar-refractivity contribution >= 4 is 27.2 Å². The summed E-state index contributed by atoms with van der Waals surface area (Å²) in [5, 5.41) is 13.8. The monoisotopic (exact) mass is 180 g/mol. The SMILES string of the molecule is O=Nc1ccc2sc[n+]([O-])c2c1. The van der Waals surface area contributed by atoms with E-state index in [0.29, 0.717) is 5.52 Å². The summed E-state index contributed by atoms with van der Waals surface area (Å²) in [6.07, 6.45) is 0. The lowest BCUT2D eigenvalue weighted by Crippen LogP contribution is -2.21. The van der Waals surface area contributed by atoms with Crippen molar-refractivity contribution in [3.8, 4) is 0 Å². The molecule has 0 unspecified atom stereocenters. The smallest absolute Gasteiger partial charge is 0.237 e. The Balaban J connectivity index is 2.79. The molecular weight excluding hydrogens is 176 g/mol. The van der Waals surface area contributed by atoms with Gasteiger partial charge < -0.3 is 5.21 Å². The second-order valence-corrected chi connectivity index (χ2v) is 3.18. The second kappa shape index (κ2) is 2.53. The molecule has 1 heterocycles. The first-order valence-corrected chi connectivity index (χ1v) is 4.13. The number of hydrogen-bond donors (Lipinski definition) is 0. The predicted molar refractivity (Wildman–Crippen MR) is 46.2 cm³/mol. The lowest BCUT2D eigenvalue weighted by molar-refractivity contribution is -0.572. The molecule has 0 aliphatic rings. The van der Waals surface area contributed by atoms with Crippen LogP contribution >= 0.6 is 11.3 Å². The van der Waals surface area contributed by atoms with Crippen LogP contribution in [-0.2, 0) is 0 Å². The van der Waals surface area contributed by atoms with Crippen LogP contribution in [0.2, 0.25) is 0 Å². The molecule has 12 heavy (non-hydrogen) atoms. The molecule has 0 N–H and O–H groups in total. The molecule has 2 rings (SSSR count). The van der Waals surface area contributed by atoms with Crippen LogP contribution in [0.1, 0.15) is 0 Å². The molecule has 4 nitrogen and oxygen atoms in total. The molecule has 2 aromatic rings. The lowest BCUT2D eigenvalue weighted by Gasteiger charge is -1.90. The first-order chi connectivity index (χ1) is 5.81. The molecule has 0 fully saturated rings. The molecule has 60 valence electrons. The minimum atomic E-state index is 0.283. The summed E-state index contributed by atoms with van der Waals surface area (Å²) in [4.78, 5) is 10.1. The Hall–Kier alpha value is -1.49. The van der Waals surface area contributed by atoms with Crippen LogP contribution in [0, 0.1) is 10.1 Å². The van der Waals surface area contributed by atoms with Crippen LogP contribution in [0.3, 0.4) is 0 Å². The van der Waals surface area contributed by atoms with Gasteiger partial charge in [-0.25, -0.2) is 0 Å². The lowest BCUT2D eigenvalue weighted by atomic mass is 10.3. The van der Waals surface area contributed by atoms with Crippen LogP contribution in [0.4, 0.5) is 5.69 Å². The zero-order chi connectivity index (χ0) is 8.55.